The van der Waals surface area contributed by atoms with Crippen LogP contribution in [0, 0.1) is 0 Å². The summed E-state index contributed by atoms with van der Waals surface area (Å²) in [5, 5.41) is 0. The van der Waals surface area contributed by atoms with Gasteiger partial charge in [-0.1, -0.05) is 18.2 Å². The predicted molar refractivity (Wildman–Crippen MR) is 89.4 cm³/mol. The van der Waals surface area contributed by atoms with Gasteiger partial charge in [0, 0.05) is 24.4 Å². The van der Waals surface area contributed by atoms with Crippen LogP contribution >= 0.6 is 0 Å². The predicted octanol–water partition coefficient (Wildman–Crippen LogP) is 3.12. The summed E-state index contributed by atoms with van der Waals surface area (Å²) >= 11 is 0. The normalized spacial score (nSPS) is 24.9. The Balaban J connectivity index is 1.70. The lowest BCUT2D eigenvalue weighted by atomic mass is 9.74. The van der Waals surface area contributed by atoms with E-state index in [2.05, 4.69) is 15.0 Å². The molecule has 2 heterocycles. The number of nitrogens with two attached hydrogens (primary N) is 1. The highest BCUT2D eigenvalue weighted by Crippen LogP contribution is 2.41. The first kappa shape index (κ1) is 16.8. The third-order valence-electron chi connectivity index (χ3n) is 5.18. The largest absolute Gasteiger partial charge is 0.460 e. The molecule has 136 valence electrons. The Labute approximate surface area is 148 Å². The van der Waals surface area contributed by atoms with E-state index in [0.717, 1.165) is 29.5 Å². The summed E-state index contributed by atoms with van der Waals surface area (Å²) in [6, 6.07) is 6.00. The van der Waals surface area contributed by atoms with Gasteiger partial charge in [0.05, 0.1) is 0 Å². The van der Waals surface area contributed by atoms with Crippen LogP contribution in [0.15, 0.2) is 35.6 Å². The Bertz CT molecular complexity index is 879. The number of aliphatic imine (C=N–C) groups is 1. The zero-order chi connectivity index (χ0) is 18.5. The van der Waals surface area contributed by atoms with Crippen LogP contribution in [0.3, 0.4) is 0 Å². The Morgan fingerprint density at radius 2 is 1.96 bits per heavy atom. The lowest BCUT2D eigenvalue weighted by molar-refractivity contribution is -0.144. The molecule has 4 rings (SSSR count). The van der Waals surface area contributed by atoms with Crippen molar-refractivity contribution in [2.24, 2.45) is 10.7 Å². The number of rotatable bonds is 1. The minimum Gasteiger partial charge on any atom is -0.460 e. The molecule has 0 bridgehead atoms. The summed E-state index contributed by atoms with van der Waals surface area (Å²) < 4.78 is 43.6. The van der Waals surface area contributed by atoms with Crippen LogP contribution < -0.4 is 5.73 Å². The summed E-state index contributed by atoms with van der Waals surface area (Å²) in [5.41, 5.74) is 8.99. The van der Waals surface area contributed by atoms with Crippen molar-refractivity contribution in [2.75, 3.05) is 0 Å². The summed E-state index contributed by atoms with van der Waals surface area (Å²) in [5.74, 6) is -1.13. The smallest absolute Gasteiger partial charge is 0.451 e. The van der Waals surface area contributed by atoms with Crippen LogP contribution in [0.4, 0.5) is 13.2 Å². The third-order valence-corrected chi connectivity index (χ3v) is 5.18. The fourth-order valence-electron chi connectivity index (χ4n) is 3.81. The number of aromatic nitrogens is 2. The molecule has 2 aromatic rings. The summed E-state index contributed by atoms with van der Waals surface area (Å²) in [4.78, 5) is 11.5. The zero-order valence-corrected chi connectivity index (χ0v) is 14.0. The van der Waals surface area contributed by atoms with Crippen LogP contribution in [-0.2, 0) is 23.8 Å². The molecule has 1 aromatic heterocycles. The molecule has 0 amide bonds. The average molecular weight is 362 g/mol. The van der Waals surface area contributed by atoms with Crippen molar-refractivity contribution in [2.45, 2.75) is 44.0 Å². The Kier molecular flexibility index (Phi) is 3.68. The number of fused-ring (bicyclic) bond motifs is 1. The van der Waals surface area contributed by atoms with Crippen LogP contribution in [0.5, 0.6) is 0 Å². The SMILES string of the molecule is C[C@@H]1OC(N)=N[C@]12CCc1c(cccc1-c1cnc(C(F)(F)F)nc1)C2. The maximum atomic E-state index is 12.7. The highest BCUT2D eigenvalue weighted by Gasteiger charge is 2.45. The van der Waals surface area contributed by atoms with E-state index in [9.17, 15) is 13.2 Å². The van der Waals surface area contributed by atoms with E-state index in [4.69, 9.17) is 10.5 Å². The first-order chi connectivity index (χ1) is 12.3. The number of amidine groups is 1. The van der Waals surface area contributed by atoms with Gasteiger partial charge in [0.1, 0.15) is 11.6 Å². The molecule has 26 heavy (non-hydrogen) atoms. The maximum Gasteiger partial charge on any atom is 0.451 e. The molecule has 0 radical (unpaired) electrons. The monoisotopic (exact) mass is 362 g/mol. The van der Waals surface area contributed by atoms with E-state index in [-0.39, 0.29) is 17.7 Å². The van der Waals surface area contributed by atoms with E-state index in [1.165, 1.54) is 12.4 Å². The molecule has 5 nitrogen and oxygen atoms in total. The van der Waals surface area contributed by atoms with Crippen molar-refractivity contribution < 1.29 is 17.9 Å². The molecular weight excluding hydrogens is 345 g/mol. The lowest BCUT2D eigenvalue weighted by Gasteiger charge is -2.35. The van der Waals surface area contributed by atoms with Gasteiger partial charge in [-0.2, -0.15) is 13.2 Å². The third kappa shape index (κ3) is 2.69. The number of benzene rings is 1. The second-order valence-electron chi connectivity index (χ2n) is 6.73. The lowest BCUT2D eigenvalue weighted by Crippen LogP contribution is -2.41. The van der Waals surface area contributed by atoms with Gasteiger partial charge < -0.3 is 10.5 Å². The standard InChI is InChI=1S/C18H17F3N4O/c1-10-17(25-16(22)26-10)6-5-14-11(7-17)3-2-4-13(14)12-8-23-15(24-9-12)18(19,20)21/h2-4,8-10H,5-7H2,1H3,(H2,22,25)/t10-,17-/m0/s1. The summed E-state index contributed by atoms with van der Waals surface area (Å²) in [6.07, 6.45) is -0.0108. The van der Waals surface area contributed by atoms with Crippen molar-refractivity contribution in [1.29, 1.82) is 0 Å². The molecule has 8 heteroatoms. The van der Waals surface area contributed by atoms with Crippen LogP contribution in [0.25, 0.3) is 11.1 Å². The van der Waals surface area contributed by atoms with E-state index in [0.29, 0.717) is 12.0 Å². The molecule has 0 fully saturated rings. The number of hydrogen-bond acceptors (Lipinski definition) is 5. The molecule has 1 spiro atoms. The highest BCUT2D eigenvalue weighted by atomic mass is 19.4. The number of nitrogens with zero attached hydrogens (tertiary/aromatic N) is 3. The number of alkyl halides is 3. The number of ether oxygens (including phenoxy) is 1. The summed E-state index contributed by atoms with van der Waals surface area (Å²) in [6.45, 7) is 1.96. The van der Waals surface area contributed by atoms with Gasteiger partial charge in [0.2, 0.25) is 5.82 Å². The Hall–Kier alpha value is -2.64. The van der Waals surface area contributed by atoms with Crippen molar-refractivity contribution in [3.05, 3.63) is 47.5 Å². The molecule has 0 saturated carbocycles. The molecule has 1 aliphatic heterocycles. The molecule has 1 aromatic carbocycles. The fourth-order valence-corrected chi connectivity index (χ4v) is 3.81. The molecule has 1 aliphatic carbocycles. The van der Waals surface area contributed by atoms with Crippen molar-refractivity contribution in [3.63, 3.8) is 0 Å². The number of halogens is 3. The molecule has 0 saturated heterocycles. The van der Waals surface area contributed by atoms with Gasteiger partial charge in [0.15, 0.2) is 0 Å². The molecular formula is C18H17F3N4O. The van der Waals surface area contributed by atoms with Gasteiger partial charge in [-0.3, -0.25) is 0 Å². The quantitative estimate of drug-likeness (QED) is 0.846. The second-order valence-corrected chi connectivity index (χ2v) is 6.73. The zero-order valence-electron chi connectivity index (χ0n) is 14.0. The van der Waals surface area contributed by atoms with Crippen molar-refractivity contribution in [1.82, 2.24) is 9.97 Å². The van der Waals surface area contributed by atoms with Crippen molar-refractivity contribution in [3.8, 4) is 11.1 Å². The van der Waals surface area contributed by atoms with E-state index < -0.39 is 12.0 Å². The fraction of sp³-hybridized carbons (Fsp3) is 0.389. The Morgan fingerprint density at radius 3 is 2.58 bits per heavy atom. The van der Waals surface area contributed by atoms with Crippen LogP contribution in [-0.4, -0.2) is 27.6 Å². The first-order valence-electron chi connectivity index (χ1n) is 8.31. The molecule has 2 atom stereocenters. The second kappa shape index (κ2) is 5.69. The minimum absolute atomic E-state index is 0.103. The Morgan fingerprint density at radius 1 is 1.23 bits per heavy atom. The van der Waals surface area contributed by atoms with Crippen molar-refractivity contribution >= 4 is 6.02 Å². The van der Waals surface area contributed by atoms with E-state index >= 15 is 0 Å². The maximum absolute atomic E-state index is 12.7. The van der Waals surface area contributed by atoms with Crippen LogP contribution in [0.1, 0.15) is 30.3 Å². The first-order valence-corrected chi connectivity index (χ1v) is 8.31. The van der Waals surface area contributed by atoms with E-state index in [1.54, 1.807) is 0 Å². The minimum atomic E-state index is -4.54. The number of hydrogen-bond donors (Lipinski definition) is 1. The van der Waals surface area contributed by atoms with Crippen LogP contribution in [0.2, 0.25) is 0 Å². The molecule has 2 aliphatic rings. The van der Waals surface area contributed by atoms with E-state index in [1.807, 2.05) is 25.1 Å². The molecule has 2 N–H and O–H groups in total. The topological polar surface area (TPSA) is 73.4 Å². The van der Waals surface area contributed by atoms with Gasteiger partial charge in [-0.15, -0.1) is 0 Å². The molecule has 0 unspecified atom stereocenters. The van der Waals surface area contributed by atoms with Gasteiger partial charge in [-0.25, -0.2) is 15.0 Å². The average Bonchev–Trinajstić information content (AvgIpc) is 2.86. The van der Waals surface area contributed by atoms with Gasteiger partial charge in [0.25, 0.3) is 6.02 Å². The van der Waals surface area contributed by atoms with Gasteiger partial charge in [-0.05, 0) is 36.5 Å². The van der Waals surface area contributed by atoms with Gasteiger partial charge >= 0.3 is 6.18 Å². The highest BCUT2D eigenvalue weighted by molar-refractivity contribution is 5.75. The summed E-state index contributed by atoms with van der Waals surface area (Å²) in [7, 11) is 0.